The summed E-state index contributed by atoms with van der Waals surface area (Å²) in [4.78, 5) is 27.6. The Hall–Kier alpha value is -3.14. The molecule has 0 unspecified atom stereocenters. The molecule has 0 aliphatic heterocycles. The van der Waals surface area contributed by atoms with E-state index in [1.54, 1.807) is 42.3 Å². The molecule has 0 radical (unpaired) electrons. The smallest absolute Gasteiger partial charge is 0.254 e. The zero-order chi connectivity index (χ0) is 19.6. The first kappa shape index (κ1) is 18.6. The van der Waals surface area contributed by atoms with Crippen LogP contribution in [0.2, 0.25) is 0 Å². The Morgan fingerprint density at radius 1 is 0.889 bits per heavy atom. The van der Waals surface area contributed by atoms with Crippen molar-refractivity contribution < 1.29 is 14.0 Å². The molecule has 0 bridgehead atoms. The van der Waals surface area contributed by atoms with E-state index < -0.39 is 0 Å². The number of nitrogens with zero attached hydrogens (tertiary/aromatic N) is 1. The van der Waals surface area contributed by atoms with Crippen LogP contribution >= 0.6 is 0 Å². The fourth-order valence-corrected chi connectivity index (χ4v) is 2.99. The third kappa shape index (κ3) is 4.00. The molecule has 0 N–H and O–H groups in total. The summed E-state index contributed by atoms with van der Waals surface area (Å²) in [5.74, 6) is 1.15. The summed E-state index contributed by atoms with van der Waals surface area (Å²) in [5, 5.41) is 0. The number of ketones is 1. The summed E-state index contributed by atoms with van der Waals surface area (Å²) in [6.45, 7) is 6.19. The number of furan rings is 1. The van der Waals surface area contributed by atoms with Crippen molar-refractivity contribution in [2.24, 2.45) is 0 Å². The van der Waals surface area contributed by atoms with Gasteiger partial charge in [0.2, 0.25) is 0 Å². The Balaban J connectivity index is 1.89. The second kappa shape index (κ2) is 7.62. The minimum Gasteiger partial charge on any atom is -0.464 e. The molecule has 1 heterocycles. The van der Waals surface area contributed by atoms with Crippen molar-refractivity contribution in [2.45, 2.75) is 27.3 Å². The number of hydrogen-bond donors (Lipinski definition) is 0. The normalized spacial score (nSPS) is 10.7. The summed E-state index contributed by atoms with van der Waals surface area (Å²) < 4.78 is 5.55. The van der Waals surface area contributed by atoms with E-state index in [1.165, 1.54) is 0 Å². The number of carbonyl (C=O) groups is 2. The lowest BCUT2D eigenvalue weighted by Crippen LogP contribution is -2.27. The van der Waals surface area contributed by atoms with Crippen LogP contribution in [0.15, 0.2) is 59.0 Å². The van der Waals surface area contributed by atoms with E-state index in [0.29, 0.717) is 29.0 Å². The van der Waals surface area contributed by atoms with Gasteiger partial charge < -0.3 is 9.32 Å². The van der Waals surface area contributed by atoms with Crippen LogP contribution in [-0.4, -0.2) is 23.6 Å². The van der Waals surface area contributed by atoms with Gasteiger partial charge in [-0.25, -0.2) is 0 Å². The molecule has 1 aromatic heterocycles. The standard InChI is InChI=1S/C23H23NO3/c1-15-9-11-18(13-16(15)2)22(25)20-7-5-6-8-21(20)23(26)24(4)14-19-12-10-17(3)27-19/h5-13H,14H2,1-4H3. The molecular formula is C23H23NO3. The summed E-state index contributed by atoms with van der Waals surface area (Å²) in [6.07, 6.45) is 0. The topological polar surface area (TPSA) is 50.5 Å². The molecule has 27 heavy (non-hydrogen) atoms. The average Bonchev–Trinajstić information content (AvgIpc) is 3.07. The van der Waals surface area contributed by atoms with Crippen molar-refractivity contribution in [1.29, 1.82) is 0 Å². The number of aryl methyl sites for hydroxylation is 3. The van der Waals surface area contributed by atoms with Crippen molar-refractivity contribution in [1.82, 2.24) is 4.90 Å². The molecule has 3 rings (SSSR count). The van der Waals surface area contributed by atoms with Crippen LogP contribution in [0.1, 0.15) is 48.9 Å². The fourth-order valence-electron chi connectivity index (χ4n) is 2.99. The predicted molar refractivity (Wildman–Crippen MR) is 105 cm³/mol. The SMILES string of the molecule is Cc1ccc(CN(C)C(=O)c2ccccc2C(=O)c2ccc(C)c(C)c2)o1. The van der Waals surface area contributed by atoms with Gasteiger partial charge in [-0.1, -0.05) is 30.3 Å². The first-order valence-electron chi connectivity index (χ1n) is 8.88. The van der Waals surface area contributed by atoms with Crippen molar-refractivity contribution in [2.75, 3.05) is 7.05 Å². The number of hydrogen-bond acceptors (Lipinski definition) is 3. The number of carbonyl (C=O) groups excluding carboxylic acids is 2. The van der Waals surface area contributed by atoms with Crippen molar-refractivity contribution >= 4 is 11.7 Å². The quantitative estimate of drug-likeness (QED) is 0.619. The highest BCUT2D eigenvalue weighted by molar-refractivity contribution is 6.15. The molecule has 0 spiro atoms. The largest absolute Gasteiger partial charge is 0.464 e. The van der Waals surface area contributed by atoms with E-state index in [2.05, 4.69) is 0 Å². The van der Waals surface area contributed by atoms with E-state index in [4.69, 9.17) is 4.42 Å². The van der Waals surface area contributed by atoms with Crippen LogP contribution < -0.4 is 0 Å². The number of rotatable bonds is 5. The van der Waals surface area contributed by atoms with Crippen LogP contribution in [0.4, 0.5) is 0 Å². The number of benzene rings is 2. The highest BCUT2D eigenvalue weighted by Gasteiger charge is 2.21. The second-order valence-electron chi connectivity index (χ2n) is 6.85. The first-order chi connectivity index (χ1) is 12.9. The predicted octanol–water partition coefficient (Wildman–Crippen LogP) is 4.71. The van der Waals surface area contributed by atoms with E-state index in [-0.39, 0.29) is 11.7 Å². The van der Waals surface area contributed by atoms with Gasteiger partial charge in [0.25, 0.3) is 5.91 Å². The van der Waals surface area contributed by atoms with Crippen LogP contribution in [0.3, 0.4) is 0 Å². The molecule has 138 valence electrons. The monoisotopic (exact) mass is 361 g/mol. The van der Waals surface area contributed by atoms with Crippen LogP contribution in [-0.2, 0) is 6.54 Å². The molecule has 0 aliphatic carbocycles. The van der Waals surface area contributed by atoms with E-state index in [1.807, 2.05) is 45.0 Å². The molecular weight excluding hydrogens is 338 g/mol. The summed E-state index contributed by atoms with van der Waals surface area (Å²) in [5.41, 5.74) is 3.57. The fraction of sp³-hybridized carbons (Fsp3) is 0.217. The van der Waals surface area contributed by atoms with Gasteiger partial charge in [0.05, 0.1) is 12.1 Å². The zero-order valence-corrected chi connectivity index (χ0v) is 16.1. The van der Waals surface area contributed by atoms with E-state index in [0.717, 1.165) is 16.9 Å². The van der Waals surface area contributed by atoms with Gasteiger partial charge >= 0.3 is 0 Å². The van der Waals surface area contributed by atoms with Gasteiger partial charge in [0, 0.05) is 18.2 Å². The Morgan fingerprint density at radius 3 is 2.22 bits per heavy atom. The Kier molecular flexibility index (Phi) is 5.26. The van der Waals surface area contributed by atoms with E-state index in [9.17, 15) is 9.59 Å². The summed E-state index contributed by atoms with van der Waals surface area (Å²) in [6, 6.07) is 16.3. The maximum atomic E-state index is 13.0. The molecule has 0 aliphatic rings. The molecule has 3 aromatic rings. The van der Waals surface area contributed by atoms with Gasteiger partial charge in [-0.2, -0.15) is 0 Å². The lowest BCUT2D eigenvalue weighted by Gasteiger charge is -2.18. The Morgan fingerprint density at radius 2 is 1.59 bits per heavy atom. The molecule has 4 heteroatoms. The first-order valence-corrected chi connectivity index (χ1v) is 8.88. The van der Waals surface area contributed by atoms with Crippen molar-refractivity contribution in [3.05, 3.63) is 93.9 Å². The highest BCUT2D eigenvalue weighted by atomic mass is 16.3. The lowest BCUT2D eigenvalue weighted by atomic mass is 9.95. The third-order valence-electron chi connectivity index (χ3n) is 4.71. The molecule has 0 saturated heterocycles. The van der Waals surface area contributed by atoms with Gasteiger partial charge in [0.1, 0.15) is 11.5 Å². The van der Waals surface area contributed by atoms with Gasteiger partial charge in [-0.15, -0.1) is 0 Å². The van der Waals surface area contributed by atoms with Gasteiger partial charge in [0.15, 0.2) is 5.78 Å². The maximum absolute atomic E-state index is 13.0. The summed E-state index contributed by atoms with van der Waals surface area (Å²) >= 11 is 0. The minimum absolute atomic E-state index is 0.149. The Bertz CT molecular complexity index is 1000. The van der Waals surface area contributed by atoms with Crippen LogP contribution in [0.5, 0.6) is 0 Å². The molecule has 0 atom stereocenters. The summed E-state index contributed by atoms with van der Waals surface area (Å²) in [7, 11) is 1.71. The average molecular weight is 361 g/mol. The van der Waals surface area contributed by atoms with Crippen LogP contribution in [0, 0.1) is 20.8 Å². The maximum Gasteiger partial charge on any atom is 0.254 e. The number of amides is 1. The van der Waals surface area contributed by atoms with Gasteiger partial charge in [-0.3, -0.25) is 9.59 Å². The molecule has 0 saturated carbocycles. The molecule has 2 aromatic carbocycles. The molecule has 0 fully saturated rings. The van der Waals surface area contributed by atoms with Gasteiger partial charge in [-0.05, 0) is 56.2 Å². The van der Waals surface area contributed by atoms with Crippen LogP contribution in [0.25, 0.3) is 0 Å². The molecule has 4 nitrogen and oxygen atoms in total. The zero-order valence-electron chi connectivity index (χ0n) is 16.1. The third-order valence-corrected chi connectivity index (χ3v) is 4.71. The van der Waals surface area contributed by atoms with Crippen molar-refractivity contribution in [3.8, 4) is 0 Å². The minimum atomic E-state index is -0.211. The molecule has 1 amide bonds. The highest BCUT2D eigenvalue weighted by Crippen LogP contribution is 2.19. The Labute approximate surface area is 159 Å². The van der Waals surface area contributed by atoms with Crippen molar-refractivity contribution in [3.63, 3.8) is 0 Å². The lowest BCUT2D eigenvalue weighted by molar-refractivity contribution is 0.0770. The van der Waals surface area contributed by atoms with E-state index >= 15 is 0 Å². The second-order valence-corrected chi connectivity index (χ2v) is 6.85.